The van der Waals surface area contributed by atoms with Gasteiger partial charge in [-0.2, -0.15) is 0 Å². The first-order valence-corrected chi connectivity index (χ1v) is 10.2. The number of hydrogen-bond donors (Lipinski definition) is 1. The van der Waals surface area contributed by atoms with Gasteiger partial charge in [0.15, 0.2) is 0 Å². The molecule has 1 N–H and O–H groups in total. The Morgan fingerprint density at radius 1 is 1.20 bits per heavy atom. The number of halogens is 1. The van der Waals surface area contributed by atoms with Gasteiger partial charge in [0.1, 0.15) is 16.5 Å². The monoisotopic (exact) mass is 433 g/mol. The van der Waals surface area contributed by atoms with E-state index in [1.165, 1.54) is 0 Å². The van der Waals surface area contributed by atoms with Crippen molar-refractivity contribution in [3.05, 3.63) is 35.1 Å². The van der Waals surface area contributed by atoms with Crippen LogP contribution in [0.5, 0.6) is 5.75 Å². The first-order valence-electron chi connectivity index (χ1n) is 9.83. The third-order valence-corrected chi connectivity index (χ3v) is 5.02. The van der Waals surface area contributed by atoms with Gasteiger partial charge in [-0.1, -0.05) is 11.6 Å². The van der Waals surface area contributed by atoms with Crippen molar-refractivity contribution in [3.8, 4) is 5.75 Å². The van der Waals surface area contributed by atoms with E-state index in [1.807, 2.05) is 45.9 Å². The van der Waals surface area contributed by atoms with Gasteiger partial charge in [-0.3, -0.25) is 0 Å². The van der Waals surface area contributed by atoms with Gasteiger partial charge in [-0.05, 0) is 39.8 Å². The van der Waals surface area contributed by atoms with E-state index >= 15 is 0 Å². The highest BCUT2D eigenvalue weighted by molar-refractivity contribution is 6.30. The Kier molecular flexibility index (Phi) is 6.55. The molecular formula is C21H28ClN5O3. The lowest BCUT2D eigenvalue weighted by Gasteiger charge is -2.37. The molecule has 1 aliphatic rings. The van der Waals surface area contributed by atoms with Crippen LogP contribution in [-0.2, 0) is 4.74 Å². The van der Waals surface area contributed by atoms with Crippen molar-refractivity contribution in [2.75, 3.05) is 43.5 Å². The number of amides is 1. The molecule has 0 spiro atoms. The number of aromatic nitrogens is 2. The molecule has 1 fully saturated rings. The summed E-state index contributed by atoms with van der Waals surface area (Å²) in [5.74, 6) is 1.07. The molecule has 2 aromatic rings. The number of nitrogens with one attached hydrogen (secondary N) is 1. The highest BCUT2D eigenvalue weighted by Gasteiger charge is 2.26. The van der Waals surface area contributed by atoms with E-state index in [-0.39, 0.29) is 6.09 Å². The van der Waals surface area contributed by atoms with Crippen molar-refractivity contribution in [1.82, 2.24) is 14.9 Å². The number of piperazine rings is 1. The maximum Gasteiger partial charge on any atom is 0.410 e. The van der Waals surface area contributed by atoms with Crippen molar-refractivity contribution in [2.24, 2.45) is 0 Å². The summed E-state index contributed by atoms with van der Waals surface area (Å²) < 4.78 is 11.0. The minimum absolute atomic E-state index is 0.268. The summed E-state index contributed by atoms with van der Waals surface area (Å²) in [5, 5.41) is 3.55. The lowest BCUT2D eigenvalue weighted by atomic mass is 10.2. The van der Waals surface area contributed by atoms with Crippen LogP contribution in [0.15, 0.2) is 24.4 Å². The second-order valence-electron chi connectivity index (χ2n) is 8.13. The predicted molar refractivity (Wildman–Crippen MR) is 118 cm³/mol. The Bertz CT molecular complexity index is 908. The molecule has 0 unspecified atom stereocenters. The number of carbonyl (C=O) groups is 1. The fourth-order valence-corrected chi connectivity index (χ4v) is 3.18. The normalized spacial score (nSPS) is 14.5. The lowest BCUT2D eigenvalue weighted by molar-refractivity contribution is 0.0240. The molecule has 162 valence electrons. The number of aryl methyl sites for hydroxylation is 1. The minimum atomic E-state index is -0.490. The molecule has 1 amide bonds. The third-order valence-electron chi connectivity index (χ3n) is 4.64. The molecule has 8 nitrogen and oxygen atoms in total. The summed E-state index contributed by atoms with van der Waals surface area (Å²) in [6.45, 7) is 10.1. The van der Waals surface area contributed by atoms with Crippen molar-refractivity contribution < 1.29 is 14.3 Å². The fourth-order valence-electron chi connectivity index (χ4n) is 3.06. The van der Waals surface area contributed by atoms with Gasteiger partial charge in [0.25, 0.3) is 0 Å². The number of carbonyl (C=O) groups excluding carboxylic acids is 1. The molecule has 0 atom stereocenters. The average molecular weight is 434 g/mol. The van der Waals surface area contributed by atoms with Crippen LogP contribution in [-0.4, -0.2) is 59.9 Å². The largest absolute Gasteiger partial charge is 0.494 e. The molecule has 3 rings (SSSR count). The van der Waals surface area contributed by atoms with Gasteiger partial charge < -0.3 is 24.6 Å². The molecule has 2 heterocycles. The Morgan fingerprint density at radius 3 is 2.50 bits per heavy atom. The molecule has 30 heavy (non-hydrogen) atoms. The van der Waals surface area contributed by atoms with Crippen LogP contribution < -0.4 is 15.0 Å². The van der Waals surface area contributed by atoms with Gasteiger partial charge in [-0.25, -0.2) is 14.8 Å². The average Bonchev–Trinajstić information content (AvgIpc) is 2.70. The lowest BCUT2D eigenvalue weighted by Crippen LogP contribution is -2.50. The quantitative estimate of drug-likeness (QED) is 0.722. The van der Waals surface area contributed by atoms with E-state index in [9.17, 15) is 4.79 Å². The van der Waals surface area contributed by atoms with Gasteiger partial charge in [0, 0.05) is 49.7 Å². The first-order chi connectivity index (χ1) is 14.2. The minimum Gasteiger partial charge on any atom is -0.494 e. The smallest absolute Gasteiger partial charge is 0.410 e. The second-order valence-corrected chi connectivity index (χ2v) is 8.49. The zero-order valence-electron chi connectivity index (χ0n) is 18.0. The second kappa shape index (κ2) is 8.95. The molecule has 0 aliphatic carbocycles. The topological polar surface area (TPSA) is 79.8 Å². The molecule has 1 aliphatic heterocycles. The predicted octanol–water partition coefficient (Wildman–Crippen LogP) is 4.25. The van der Waals surface area contributed by atoms with Crippen molar-refractivity contribution in [3.63, 3.8) is 0 Å². The fraction of sp³-hybridized carbons (Fsp3) is 0.476. The Hall–Kier alpha value is -2.74. The number of methoxy groups -OCH3 is 1. The highest BCUT2D eigenvalue weighted by Crippen LogP contribution is 2.32. The third kappa shape index (κ3) is 5.44. The van der Waals surface area contributed by atoms with E-state index in [1.54, 1.807) is 18.2 Å². The van der Waals surface area contributed by atoms with Gasteiger partial charge in [-0.15, -0.1) is 0 Å². The van der Waals surface area contributed by atoms with E-state index in [2.05, 4.69) is 20.2 Å². The van der Waals surface area contributed by atoms with E-state index in [0.29, 0.717) is 43.0 Å². The molecule has 0 saturated carbocycles. The van der Waals surface area contributed by atoms with Crippen LogP contribution in [0.2, 0.25) is 5.15 Å². The van der Waals surface area contributed by atoms with Gasteiger partial charge in [0.05, 0.1) is 12.8 Å². The number of hydrogen-bond acceptors (Lipinski definition) is 7. The summed E-state index contributed by atoms with van der Waals surface area (Å²) in [5.41, 5.74) is 2.09. The maximum atomic E-state index is 12.3. The number of nitrogens with zero attached hydrogens (tertiary/aromatic N) is 4. The SMILES string of the molecule is COc1cc(N2CCN(C(=O)OC(C)(C)C)CC2)ccc1Nc1ncc(C)c(Cl)n1. The van der Waals surface area contributed by atoms with E-state index < -0.39 is 5.60 Å². The molecule has 1 aromatic heterocycles. The summed E-state index contributed by atoms with van der Waals surface area (Å²) in [6.07, 6.45) is 1.40. The summed E-state index contributed by atoms with van der Waals surface area (Å²) in [6, 6.07) is 5.89. The summed E-state index contributed by atoms with van der Waals surface area (Å²) in [4.78, 5) is 24.7. The van der Waals surface area contributed by atoms with Crippen LogP contribution in [0.25, 0.3) is 0 Å². The van der Waals surface area contributed by atoms with Crippen molar-refractivity contribution >= 4 is 35.0 Å². The van der Waals surface area contributed by atoms with Gasteiger partial charge in [0.2, 0.25) is 5.95 Å². The standard InChI is InChI=1S/C21H28ClN5O3/c1-14-13-23-19(25-18(14)22)24-16-7-6-15(12-17(16)29-5)26-8-10-27(11-9-26)20(28)30-21(2,3)4/h6-7,12-13H,8-11H2,1-5H3,(H,23,24,25). The van der Waals surface area contributed by atoms with Crippen LogP contribution >= 0.6 is 11.6 Å². The molecular weight excluding hydrogens is 406 g/mol. The summed E-state index contributed by atoms with van der Waals surface area (Å²) in [7, 11) is 1.62. The Balaban J connectivity index is 1.66. The van der Waals surface area contributed by atoms with Crippen LogP contribution in [0.4, 0.5) is 22.1 Å². The molecule has 1 saturated heterocycles. The number of ether oxygens (including phenoxy) is 2. The molecule has 0 bridgehead atoms. The Labute approximate surface area is 182 Å². The molecule has 1 aromatic carbocycles. The van der Waals surface area contributed by atoms with E-state index in [0.717, 1.165) is 16.9 Å². The van der Waals surface area contributed by atoms with Crippen LogP contribution in [0.1, 0.15) is 26.3 Å². The number of anilines is 3. The maximum absolute atomic E-state index is 12.3. The van der Waals surface area contributed by atoms with Crippen LogP contribution in [0.3, 0.4) is 0 Å². The number of rotatable bonds is 4. The molecule has 9 heteroatoms. The Morgan fingerprint density at radius 2 is 1.90 bits per heavy atom. The highest BCUT2D eigenvalue weighted by atomic mass is 35.5. The number of benzene rings is 1. The van der Waals surface area contributed by atoms with E-state index in [4.69, 9.17) is 21.1 Å². The van der Waals surface area contributed by atoms with Gasteiger partial charge >= 0.3 is 6.09 Å². The van der Waals surface area contributed by atoms with Crippen molar-refractivity contribution in [2.45, 2.75) is 33.3 Å². The first kappa shape index (κ1) is 22.0. The van der Waals surface area contributed by atoms with Crippen molar-refractivity contribution in [1.29, 1.82) is 0 Å². The summed E-state index contributed by atoms with van der Waals surface area (Å²) >= 11 is 6.08. The van der Waals surface area contributed by atoms with Crippen LogP contribution in [0, 0.1) is 6.92 Å². The zero-order chi connectivity index (χ0) is 21.9. The molecule has 0 radical (unpaired) electrons. The zero-order valence-corrected chi connectivity index (χ0v) is 18.8.